The highest BCUT2D eigenvalue weighted by Gasteiger charge is 2.04. The van der Waals surface area contributed by atoms with E-state index in [0.717, 1.165) is 5.56 Å². The van der Waals surface area contributed by atoms with Gasteiger partial charge in [0.25, 0.3) is 0 Å². The zero-order valence-corrected chi connectivity index (χ0v) is 8.44. The number of hydrogen-bond acceptors (Lipinski definition) is 3. The lowest BCUT2D eigenvalue weighted by Gasteiger charge is -2.02. The summed E-state index contributed by atoms with van der Waals surface area (Å²) in [5.74, 6) is 0. The van der Waals surface area contributed by atoms with E-state index in [1.165, 1.54) is 0 Å². The fourth-order valence-corrected chi connectivity index (χ4v) is 1.45. The van der Waals surface area contributed by atoms with Gasteiger partial charge in [-0.2, -0.15) is 5.26 Å². The molecule has 0 spiro atoms. The maximum atomic E-state index is 8.76. The summed E-state index contributed by atoms with van der Waals surface area (Å²) < 4.78 is 0. The molecule has 2 heterocycles. The lowest BCUT2D eigenvalue weighted by molar-refractivity contribution is 1.28. The SMILES string of the molecule is N#Cc1ccnc(-c2ccncc2Cl)c1. The second-order valence-corrected chi connectivity index (χ2v) is 3.30. The smallest absolute Gasteiger partial charge is 0.0992 e. The second kappa shape index (κ2) is 4.07. The Hall–Kier alpha value is -1.92. The summed E-state index contributed by atoms with van der Waals surface area (Å²) in [5, 5.41) is 9.28. The van der Waals surface area contributed by atoms with Gasteiger partial charge in [0, 0.05) is 24.2 Å². The van der Waals surface area contributed by atoms with E-state index in [1.807, 2.05) is 0 Å². The van der Waals surface area contributed by atoms with E-state index in [4.69, 9.17) is 16.9 Å². The Kier molecular flexibility index (Phi) is 2.61. The number of halogens is 1. The van der Waals surface area contributed by atoms with Gasteiger partial charge >= 0.3 is 0 Å². The summed E-state index contributed by atoms with van der Waals surface area (Å²) in [6, 6.07) is 7.17. The number of rotatable bonds is 1. The maximum Gasteiger partial charge on any atom is 0.0992 e. The van der Waals surface area contributed by atoms with Gasteiger partial charge in [0.2, 0.25) is 0 Å². The van der Waals surface area contributed by atoms with E-state index in [1.54, 1.807) is 36.8 Å². The highest BCUT2D eigenvalue weighted by molar-refractivity contribution is 6.33. The summed E-state index contributed by atoms with van der Waals surface area (Å²) in [6.07, 6.45) is 4.78. The van der Waals surface area contributed by atoms with Crippen LogP contribution in [0.25, 0.3) is 11.3 Å². The first kappa shape index (κ1) is 9.63. The van der Waals surface area contributed by atoms with Crippen LogP contribution in [-0.4, -0.2) is 9.97 Å². The average Bonchev–Trinajstić information content (AvgIpc) is 2.30. The molecule has 0 aliphatic carbocycles. The van der Waals surface area contributed by atoms with Gasteiger partial charge in [0.15, 0.2) is 0 Å². The number of pyridine rings is 2. The lowest BCUT2D eigenvalue weighted by atomic mass is 10.1. The minimum absolute atomic E-state index is 0.528. The zero-order valence-electron chi connectivity index (χ0n) is 7.68. The predicted molar refractivity (Wildman–Crippen MR) is 57.2 cm³/mol. The molecule has 0 aromatic carbocycles. The summed E-state index contributed by atoms with van der Waals surface area (Å²) in [5.41, 5.74) is 2.03. The van der Waals surface area contributed by atoms with Crippen molar-refractivity contribution in [1.82, 2.24) is 9.97 Å². The van der Waals surface area contributed by atoms with Crippen LogP contribution in [0.5, 0.6) is 0 Å². The minimum atomic E-state index is 0.528. The molecule has 0 N–H and O–H groups in total. The fourth-order valence-electron chi connectivity index (χ4n) is 1.23. The topological polar surface area (TPSA) is 49.6 Å². The first-order valence-electron chi connectivity index (χ1n) is 4.27. The quantitative estimate of drug-likeness (QED) is 0.735. The molecule has 0 aliphatic rings. The number of nitriles is 1. The van der Waals surface area contributed by atoms with E-state index >= 15 is 0 Å². The predicted octanol–water partition coefficient (Wildman–Crippen LogP) is 2.67. The van der Waals surface area contributed by atoms with Crippen LogP contribution in [0.2, 0.25) is 5.02 Å². The van der Waals surface area contributed by atoms with Crippen LogP contribution >= 0.6 is 11.6 Å². The van der Waals surface area contributed by atoms with Crippen LogP contribution < -0.4 is 0 Å². The molecule has 2 aromatic heterocycles. The van der Waals surface area contributed by atoms with Crippen molar-refractivity contribution < 1.29 is 0 Å². The number of nitrogens with zero attached hydrogens (tertiary/aromatic N) is 3. The molecular weight excluding hydrogens is 210 g/mol. The van der Waals surface area contributed by atoms with Crippen molar-refractivity contribution in [2.24, 2.45) is 0 Å². The van der Waals surface area contributed by atoms with Gasteiger partial charge in [0.1, 0.15) is 0 Å². The molecule has 0 atom stereocenters. The van der Waals surface area contributed by atoms with Crippen LogP contribution in [0.4, 0.5) is 0 Å². The monoisotopic (exact) mass is 215 g/mol. The van der Waals surface area contributed by atoms with Crippen molar-refractivity contribution in [2.45, 2.75) is 0 Å². The Labute approximate surface area is 92.0 Å². The summed E-state index contributed by atoms with van der Waals surface area (Å²) in [7, 11) is 0. The Balaban J connectivity index is 2.55. The lowest BCUT2D eigenvalue weighted by Crippen LogP contribution is -1.86. The second-order valence-electron chi connectivity index (χ2n) is 2.90. The molecule has 0 saturated heterocycles. The van der Waals surface area contributed by atoms with Gasteiger partial charge in [-0.3, -0.25) is 9.97 Å². The van der Waals surface area contributed by atoms with Crippen LogP contribution in [0, 0.1) is 11.3 Å². The molecule has 3 nitrogen and oxygen atoms in total. The average molecular weight is 216 g/mol. The molecule has 2 aromatic rings. The Bertz CT molecular complexity index is 531. The van der Waals surface area contributed by atoms with Crippen molar-refractivity contribution in [1.29, 1.82) is 5.26 Å². The standard InChI is InChI=1S/C11H6ClN3/c12-10-7-14-3-2-9(10)11-5-8(6-13)1-4-15-11/h1-5,7H. The van der Waals surface area contributed by atoms with Gasteiger partial charge in [-0.25, -0.2) is 0 Å². The Morgan fingerprint density at radius 3 is 2.87 bits per heavy atom. The molecule has 15 heavy (non-hydrogen) atoms. The Morgan fingerprint density at radius 1 is 1.27 bits per heavy atom. The number of aromatic nitrogens is 2. The minimum Gasteiger partial charge on any atom is -0.263 e. The van der Waals surface area contributed by atoms with Crippen molar-refractivity contribution in [3.63, 3.8) is 0 Å². The molecule has 0 saturated carbocycles. The van der Waals surface area contributed by atoms with Crippen LogP contribution in [-0.2, 0) is 0 Å². The van der Waals surface area contributed by atoms with Gasteiger partial charge in [-0.05, 0) is 18.2 Å². The molecule has 4 heteroatoms. The third-order valence-corrected chi connectivity index (χ3v) is 2.24. The maximum absolute atomic E-state index is 8.76. The fraction of sp³-hybridized carbons (Fsp3) is 0. The largest absolute Gasteiger partial charge is 0.263 e. The molecule has 0 radical (unpaired) electrons. The van der Waals surface area contributed by atoms with Gasteiger partial charge in [0.05, 0.1) is 22.3 Å². The third-order valence-electron chi connectivity index (χ3n) is 1.94. The van der Waals surface area contributed by atoms with E-state index in [-0.39, 0.29) is 0 Å². The summed E-state index contributed by atoms with van der Waals surface area (Å²) in [6.45, 7) is 0. The normalized spacial score (nSPS) is 9.60. The van der Waals surface area contributed by atoms with Crippen LogP contribution in [0.3, 0.4) is 0 Å². The molecule has 0 amide bonds. The first-order valence-corrected chi connectivity index (χ1v) is 4.65. The van der Waals surface area contributed by atoms with Crippen molar-refractivity contribution in [3.8, 4) is 17.3 Å². The van der Waals surface area contributed by atoms with Gasteiger partial charge in [-0.15, -0.1) is 0 Å². The summed E-state index contributed by atoms with van der Waals surface area (Å²) >= 11 is 5.97. The molecule has 72 valence electrons. The molecular formula is C11H6ClN3. The Morgan fingerprint density at radius 2 is 2.13 bits per heavy atom. The van der Waals surface area contributed by atoms with E-state index in [2.05, 4.69) is 16.0 Å². The third kappa shape index (κ3) is 1.95. The number of hydrogen-bond donors (Lipinski definition) is 0. The highest BCUT2D eigenvalue weighted by Crippen LogP contribution is 2.24. The molecule has 2 rings (SSSR count). The van der Waals surface area contributed by atoms with Gasteiger partial charge in [-0.1, -0.05) is 11.6 Å². The molecule has 0 bridgehead atoms. The molecule has 0 unspecified atom stereocenters. The van der Waals surface area contributed by atoms with Crippen LogP contribution in [0.1, 0.15) is 5.56 Å². The first-order chi connectivity index (χ1) is 7.31. The highest BCUT2D eigenvalue weighted by atomic mass is 35.5. The van der Waals surface area contributed by atoms with E-state index in [9.17, 15) is 0 Å². The van der Waals surface area contributed by atoms with Gasteiger partial charge < -0.3 is 0 Å². The van der Waals surface area contributed by atoms with Crippen LogP contribution in [0.15, 0.2) is 36.8 Å². The van der Waals surface area contributed by atoms with Crippen molar-refractivity contribution in [3.05, 3.63) is 47.4 Å². The molecule has 0 aliphatic heterocycles. The summed E-state index contributed by atoms with van der Waals surface area (Å²) in [4.78, 5) is 8.04. The van der Waals surface area contributed by atoms with E-state index < -0.39 is 0 Å². The zero-order chi connectivity index (χ0) is 10.7. The van der Waals surface area contributed by atoms with E-state index in [0.29, 0.717) is 16.3 Å². The molecule has 0 fully saturated rings. The van der Waals surface area contributed by atoms with Crippen molar-refractivity contribution in [2.75, 3.05) is 0 Å². The van der Waals surface area contributed by atoms with Crippen molar-refractivity contribution >= 4 is 11.6 Å².